The van der Waals surface area contributed by atoms with Crippen molar-refractivity contribution < 1.29 is 33.3 Å². The Bertz CT molecular complexity index is 881. The lowest BCUT2D eigenvalue weighted by molar-refractivity contribution is -0.147. The van der Waals surface area contributed by atoms with Gasteiger partial charge in [-0.25, -0.2) is 0 Å². The first kappa shape index (κ1) is 22.5. The molecule has 0 bridgehead atoms. The van der Waals surface area contributed by atoms with Gasteiger partial charge in [0.1, 0.15) is 12.3 Å². The average molecular weight is 416 g/mol. The Morgan fingerprint density at radius 2 is 1.53 bits per heavy atom. The SMILES string of the molecule is COc1ccc(CNC(=O)COC(=O)CNC(=O)c2ccc(OC)c(OC)c2)cc1. The molecule has 160 valence electrons. The van der Waals surface area contributed by atoms with Crippen LogP contribution in [0.1, 0.15) is 15.9 Å². The van der Waals surface area contributed by atoms with Gasteiger partial charge in [-0.1, -0.05) is 12.1 Å². The lowest BCUT2D eigenvalue weighted by Gasteiger charge is -2.10. The highest BCUT2D eigenvalue weighted by molar-refractivity contribution is 5.96. The van der Waals surface area contributed by atoms with E-state index in [1.807, 2.05) is 12.1 Å². The second-order valence-corrected chi connectivity index (χ2v) is 6.04. The van der Waals surface area contributed by atoms with Crippen LogP contribution in [-0.2, 0) is 20.9 Å². The summed E-state index contributed by atoms with van der Waals surface area (Å²) < 4.78 is 20.2. The van der Waals surface area contributed by atoms with Crippen LogP contribution >= 0.6 is 0 Å². The maximum Gasteiger partial charge on any atom is 0.325 e. The largest absolute Gasteiger partial charge is 0.497 e. The lowest BCUT2D eigenvalue weighted by Crippen LogP contribution is -2.33. The fourth-order valence-electron chi connectivity index (χ4n) is 2.42. The van der Waals surface area contributed by atoms with Crippen molar-refractivity contribution in [1.82, 2.24) is 10.6 Å². The van der Waals surface area contributed by atoms with Gasteiger partial charge < -0.3 is 29.6 Å². The van der Waals surface area contributed by atoms with E-state index in [2.05, 4.69) is 10.6 Å². The molecule has 30 heavy (non-hydrogen) atoms. The van der Waals surface area contributed by atoms with Crippen molar-refractivity contribution >= 4 is 17.8 Å². The van der Waals surface area contributed by atoms with Crippen LogP contribution in [0.5, 0.6) is 17.2 Å². The second kappa shape index (κ2) is 11.3. The molecule has 2 aromatic rings. The maximum absolute atomic E-state index is 12.2. The fourth-order valence-corrected chi connectivity index (χ4v) is 2.42. The molecule has 2 N–H and O–H groups in total. The topological polar surface area (TPSA) is 112 Å². The zero-order valence-electron chi connectivity index (χ0n) is 17.0. The summed E-state index contributed by atoms with van der Waals surface area (Å²) in [4.78, 5) is 35.7. The summed E-state index contributed by atoms with van der Waals surface area (Å²) in [5.41, 5.74) is 1.16. The minimum Gasteiger partial charge on any atom is -0.497 e. The number of nitrogens with one attached hydrogen (secondary N) is 2. The lowest BCUT2D eigenvalue weighted by atomic mass is 10.2. The Morgan fingerprint density at radius 3 is 2.17 bits per heavy atom. The van der Waals surface area contributed by atoms with E-state index in [-0.39, 0.29) is 18.7 Å². The summed E-state index contributed by atoms with van der Waals surface area (Å²) in [5, 5.41) is 5.06. The fraction of sp³-hybridized carbons (Fsp3) is 0.286. The van der Waals surface area contributed by atoms with Crippen molar-refractivity contribution in [3.63, 3.8) is 0 Å². The normalized spacial score (nSPS) is 9.97. The van der Waals surface area contributed by atoms with Crippen LogP contribution in [-0.4, -0.2) is 52.3 Å². The van der Waals surface area contributed by atoms with Crippen LogP contribution in [0, 0.1) is 0 Å². The third-order valence-electron chi connectivity index (χ3n) is 4.05. The Kier molecular flexibility index (Phi) is 8.49. The summed E-state index contributed by atoms with van der Waals surface area (Å²) in [5.74, 6) is -0.0878. The molecule has 2 amide bonds. The highest BCUT2D eigenvalue weighted by atomic mass is 16.5. The minimum atomic E-state index is -0.733. The summed E-state index contributed by atoms with van der Waals surface area (Å²) in [6.07, 6.45) is 0. The molecule has 0 aromatic heterocycles. The van der Waals surface area contributed by atoms with E-state index in [0.29, 0.717) is 17.2 Å². The average Bonchev–Trinajstić information content (AvgIpc) is 2.79. The van der Waals surface area contributed by atoms with Crippen LogP contribution < -0.4 is 24.8 Å². The van der Waals surface area contributed by atoms with E-state index in [9.17, 15) is 14.4 Å². The van der Waals surface area contributed by atoms with Gasteiger partial charge in [0, 0.05) is 12.1 Å². The zero-order chi connectivity index (χ0) is 21.9. The van der Waals surface area contributed by atoms with Crippen molar-refractivity contribution in [3.8, 4) is 17.2 Å². The number of esters is 1. The zero-order valence-corrected chi connectivity index (χ0v) is 17.0. The molecule has 2 aromatic carbocycles. The van der Waals surface area contributed by atoms with Crippen molar-refractivity contribution in [2.24, 2.45) is 0 Å². The molecule has 0 aliphatic heterocycles. The summed E-state index contributed by atoms with van der Waals surface area (Å²) >= 11 is 0. The molecule has 0 radical (unpaired) electrons. The molecule has 9 heteroatoms. The predicted octanol–water partition coefficient (Wildman–Crippen LogP) is 1.30. The van der Waals surface area contributed by atoms with E-state index in [0.717, 1.165) is 5.56 Å². The van der Waals surface area contributed by atoms with Crippen LogP contribution in [0.4, 0.5) is 0 Å². The van der Waals surface area contributed by atoms with E-state index >= 15 is 0 Å². The van der Waals surface area contributed by atoms with Crippen molar-refractivity contribution in [2.75, 3.05) is 34.5 Å². The smallest absolute Gasteiger partial charge is 0.325 e. The molecule has 0 atom stereocenters. The van der Waals surface area contributed by atoms with E-state index in [1.54, 1.807) is 25.3 Å². The van der Waals surface area contributed by atoms with Gasteiger partial charge in [-0.2, -0.15) is 0 Å². The number of hydrogen-bond donors (Lipinski definition) is 2. The molecule has 0 aliphatic carbocycles. The molecule has 0 saturated carbocycles. The molecule has 0 heterocycles. The molecule has 0 saturated heterocycles. The van der Waals surface area contributed by atoms with Gasteiger partial charge in [0.25, 0.3) is 11.8 Å². The Morgan fingerprint density at radius 1 is 0.833 bits per heavy atom. The van der Waals surface area contributed by atoms with Gasteiger partial charge in [-0.05, 0) is 35.9 Å². The minimum absolute atomic E-state index is 0.288. The summed E-state index contributed by atoms with van der Waals surface area (Å²) in [6, 6.07) is 11.8. The summed E-state index contributed by atoms with van der Waals surface area (Å²) in [6.45, 7) is -0.531. The number of hydrogen-bond acceptors (Lipinski definition) is 7. The van der Waals surface area contributed by atoms with Gasteiger partial charge >= 0.3 is 5.97 Å². The molecule has 0 aliphatic rings. The molecule has 0 fully saturated rings. The predicted molar refractivity (Wildman–Crippen MR) is 108 cm³/mol. The number of amides is 2. The first-order chi connectivity index (χ1) is 14.5. The highest BCUT2D eigenvalue weighted by Crippen LogP contribution is 2.27. The molecular formula is C21H24N2O7. The van der Waals surface area contributed by atoms with Gasteiger partial charge in [-0.15, -0.1) is 0 Å². The van der Waals surface area contributed by atoms with E-state index in [4.69, 9.17) is 18.9 Å². The van der Waals surface area contributed by atoms with Gasteiger partial charge in [-0.3, -0.25) is 14.4 Å². The first-order valence-corrected chi connectivity index (χ1v) is 9.02. The second-order valence-electron chi connectivity index (χ2n) is 6.04. The van der Waals surface area contributed by atoms with Crippen molar-refractivity contribution in [1.29, 1.82) is 0 Å². The number of methoxy groups -OCH3 is 3. The van der Waals surface area contributed by atoms with Crippen molar-refractivity contribution in [3.05, 3.63) is 53.6 Å². The Hall–Kier alpha value is -3.75. The third-order valence-corrected chi connectivity index (χ3v) is 4.05. The van der Waals surface area contributed by atoms with Crippen LogP contribution in [0.2, 0.25) is 0 Å². The Balaban J connectivity index is 1.72. The highest BCUT2D eigenvalue weighted by Gasteiger charge is 2.13. The number of carbonyl (C=O) groups excluding carboxylic acids is 3. The molecular weight excluding hydrogens is 392 g/mol. The first-order valence-electron chi connectivity index (χ1n) is 9.02. The summed E-state index contributed by atoms with van der Waals surface area (Å²) in [7, 11) is 4.51. The van der Waals surface area contributed by atoms with Gasteiger partial charge in [0.05, 0.1) is 21.3 Å². The third kappa shape index (κ3) is 6.69. The van der Waals surface area contributed by atoms with Crippen LogP contribution in [0.25, 0.3) is 0 Å². The van der Waals surface area contributed by atoms with E-state index in [1.165, 1.54) is 26.4 Å². The number of ether oxygens (including phenoxy) is 4. The van der Waals surface area contributed by atoms with Gasteiger partial charge in [0.2, 0.25) is 0 Å². The Labute approximate surface area is 174 Å². The monoisotopic (exact) mass is 416 g/mol. The standard InChI is InChI=1S/C21H24N2O7/c1-27-16-7-4-14(5-8-16)11-22-19(24)13-30-20(25)12-23-21(26)15-6-9-17(28-2)18(10-15)29-3/h4-10H,11-13H2,1-3H3,(H,22,24)(H,23,26). The quantitative estimate of drug-likeness (QED) is 0.562. The molecule has 0 spiro atoms. The van der Waals surface area contributed by atoms with E-state index < -0.39 is 24.4 Å². The van der Waals surface area contributed by atoms with Crippen molar-refractivity contribution in [2.45, 2.75) is 6.54 Å². The number of rotatable bonds is 10. The molecule has 9 nitrogen and oxygen atoms in total. The molecule has 0 unspecified atom stereocenters. The number of benzene rings is 2. The van der Waals surface area contributed by atoms with Crippen LogP contribution in [0.3, 0.4) is 0 Å². The number of carbonyl (C=O) groups is 3. The van der Waals surface area contributed by atoms with Crippen LogP contribution in [0.15, 0.2) is 42.5 Å². The van der Waals surface area contributed by atoms with Gasteiger partial charge in [0.15, 0.2) is 18.1 Å². The maximum atomic E-state index is 12.2. The molecule has 2 rings (SSSR count).